The van der Waals surface area contributed by atoms with Gasteiger partial charge in [-0.05, 0) is 38.1 Å². The number of aromatic nitrogens is 2. The summed E-state index contributed by atoms with van der Waals surface area (Å²) in [4.78, 5) is 25.3. The van der Waals surface area contributed by atoms with Crippen molar-refractivity contribution in [2.45, 2.75) is 13.8 Å². The van der Waals surface area contributed by atoms with E-state index in [0.29, 0.717) is 11.3 Å². The van der Waals surface area contributed by atoms with Crippen LogP contribution in [0.25, 0.3) is 10.9 Å². The lowest BCUT2D eigenvalue weighted by molar-refractivity contribution is 0.0977. The number of fused-ring (bicyclic) bond motifs is 1. The van der Waals surface area contributed by atoms with E-state index in [0.717, 1.165) is 22.2 Å². The summed E-state index contributed by atoms with van der Waals surface area (Å²) in [6.45, 7) is 3.90. The Morgan fingerprint density at radius 2 is 1.88 bits per heavy atom. The second-order valence-corrected chi connectivity index (χ2v) is 5.88. The van der Waals surface area contributed by atoms with Crippen LogP contribution in [0.1, 0.15) is 21.6 Å². The molecule has 0 aliphatic rings. The number of hydrogen-bond acceptors (Lipinski definition) is 5. The number of guanidine groups is 1. The van der Waals surface area contributed by atoms with Crippen LogP contribution in [0.2, 0.25) is 0 Å². The van der Waals surface area contributed by atoms with Crippen LogP contribution in [0.15, 0.2) is 47.5 Å². The third-order valence-electron chi connectivity index (χ3n) is 3.93. The molecule has 0 radical (unpaired) electrons. The van der Waals surface area contributed by atoms with Gasteiger partial charge in [0.2, 0.25) is 5.96 Å². The number of carbonyl (C=O) groups excluding carboxylic acids is 1. The van der Waals surface area contributed by atoms with Crippen molar-refractivity contribution in [2.75, 3.05) is 12.4 Å². The van der Waals surface area contributed by atoms with E-state index in [-0.39, 0.29) is 17.8 Å². The number of hydrogen-bond donors (Lipinski definition) is 3. The van der Waals surface area contributed by atoms with Crippen LogP contribution in [-0.4, -0.2) is 28.9 Å². The monoisotopic (exact) mass is 348 g/mol. The molecule has 0 saturated heterocycles. The van der Waals surface area contributed by atoms with Crippen LogP contribution in [0.3, 0.4) is 0 Å². The number of aliphatic imine (C=N–C) groups is 1. The normalized spacial score (nSPS) is 11.4. The first-order valence-electron chi connectivity index (χ1n) is 8.15. The number of nitrogens with zero attached hydrogens (tertiary/aromatic N) is 3. The van der Waals surface area contributed by atoms with Gasteiger partial charge in [-0.2, -0.15) is 4.99 Å². The van der Waals surface area contributed by atoms with Crippen molar-refractivity contribution in [1.82, 2.24) is 15.3 Å². The Kier molecular flexibility index (Phi) is 4.79. The second kappa shape index (κ2) is 7.18. The summed E-state index contributed by atoms with van der Waals surface area (Å²) in [5.41, 5.74) is 9.76. The number of anilines is 1. The largest absolute Gasteiger partial charge is 0.387 e. The summed E-state index contributed by atoms with van der Waals surface area (Å²) in [6, 6.07) is 13.0. The van der Waals surface area contributed by atoms with Gasteiger partial charge >= 0.3 is 0 Å². The molecule has 0 spiro atoms. The maximum absolute atomic E-state index is 12.4. The number of aryl methyl sites for hydroxylation is 2. The Hall–Kier alpha value is -3.48. The lowest BCUT2D eigenvalue weighted by atomic mass is 10.1. The smallest absolute Gasteiger partial charge is 0.260 e. The number of benzene rings is 2. The van der Waals surface area contributed by atoms with E-state index in [1.54, 1.807) is 25.2 Å². The van der Waals surface area contributed by atoms with Crippen LogP contribution in [0.5, 0.6) is 0 Å². The number of amides is 1. The minimum Gasteiger partial charge on any atom is -0.387 e. The molecule has 0 aliphatic carbocycles. The second-order valence-electron chi connectivity index (χ2n) is 5.88. The number of carbonyl (C=O) groups is 1. The van der Waals surface area contributed by atoms with Gasteiger partial charge in [0.1, 0.15) is 0 Å². The fourth-order valence-corrected chi connectivity index (χ4v) is 2.65. The minimum atomic E-state index is -0.357. The van der Waals surface area contributed by atoms with Crippen molar-refractivity contribution in [1.29, 1.82) is 0 Å². The molecule has 0 unspecified atom stereocenters. The van der Waals surface area contributed by atoms with Gasteiger partial charge in [0.25, 0.3) is 11.9 Å². The van der Waals surface area contributed by atoms with Gasteiger partial charge in [-0.15, -0.1) is 0 Å². The highest BCUT2D eigenvalue weighted by Crippen LogP contribution is 2.19. The average Bonchev–Trinajstić information content (AvgIpc) is 2.62. The van der Waals surface area contributed by atoms with Crippen molar-refractivity contribution in [3.05, 3.63) is 59.3 Å². The molecule has 3 aromatic rings. The lowest BCUT2D eigenvalue weighted by Crippen LogP contribution is -2.36. The molecule has 7 nitrogen and oxygen atoms in total. The van der Waals surface area contributed by atoms with Crippen molar-refractivity contribution in [3.8, 4) is 0 Å². The van der Waals surface area contributed by atoms with Gasteiger partial charge in [-0.1, -0.05) is 23.8 Å². The van der Waals surface area contributed by atoms with E-state index in [1.165, 1.54) is 0 Å². The highest BCUT2D eigenvalue weighted by Gasteiger charge is 2.11. The van der Waals surface area contributed by atoms with Crippen LogP contribution < -0.4 is 16.4 Å². The van der Waals surface area contributed by atoms with Crippen LogP contribution in [0.4, 0.5) is 11.6 Å². The standard InChI is InChI=1S/C19H20N6O/c1-11-8-9-16-14(10-11)12(2)22-19(23-16)25-18(20)24-17(26)13-6-4-5-7-15(13)21-3/h4-10,21H,1-3H3,(H3,20,22,23,24,25,26). The molecule has 1 heterocycles. The zero-order chi connectivity index (χ0) is 18.7. The molecule has 4 N–H and O–H groups in total. The first-order chi connectivity index (χ1) is 12.5. The summed E-state index contributed by atoms with van der Waals surface area (Å²) in [6.07, 6.45) is 0. The Balaban J connectivity index is 1.87. The van der Waals surface area contributed by atoms with E-state index in [9.17, 15) is 4.79 Å². The van der Waals surface area contributed by atoms with Gasteiger partial charge in [0, 0.05) is 18.1 Å². The summed E-state index contributed by atoms with van der Waals surface area (Å²) in [5, 5.41) is 6.50. The van der Waals surface area contributed by atoms with Gasteiger partial charge in [-0.3, -0.25) is 10.1 Å². The van der Waals surface area contributed by atoms with Crippen LogP contribution in [0, 0.1) is 13.8 Å². The number of nitrogens with two attached hydrogens (primary N) is 1. The lowest BCUT2D eigenvalue weighted by Gasteiger charge is -2.09. The molecule has 1 aromatic heterocycles. The molecule has 0 saturated carbocycles. The molecular formula is C19H20N6O. The summed E-state index contributed by atoms with van der Waals surface area (Å²) < 4.78 is 0. The third kappa shape index (κ3) is 3.61. The first-order valence-corrected chi connectivity index (χ1v) is 8.15. The zero-order valence-electron chi connectivity index (χ0n) is 14.9. The summed E-state index contributed by atoms with van der Waals surface area (Å²) >= 11 is 0. The van der Waals surface area contributed by atoms with Crippen molar-refractivity contribution < 1.29 is 4.79 Å². The Morgan fingerprint density at radius 3 is 2.65 bits per heavy atom. The van der Waals surface area contributed by atoms with Gasteiger partial charge in [0.15, 0.2) is 0 Å². The molecular weight excluding hydrogens is 328 g/mol. The topological polar surface area (TPSA) is 105 Å². The Labute approximate surface area is 151 Å². The molecule has 3 rings (SSSR count). The first kappa shape index (κ1) is 17.3. The van der Waals surface area contributed by atoms with Crippen LogP contribution >= 0.6 is 0 Å². The van der Waals surface area contributed by atoms with Gasteiger partial charge in [-0.25, -0.2) is 9.97 Å². The minimum absolute atomic E-state index is 0.0632. The van der Waals surface area contributed by atoms with Crippen molar-refractivity contribution in [2.24, 2.45) is 10.7 Å². The molecule has 26 heavy (non-hydrogen) atoms. The maximum Gasteiger partial charge on any atom is 0.260 e. The fraction of sp³-hybridized carbons (Fsp3) is 0.158. The molecule has 0 bridgehead atoms. The van der Waals surface area contributed by atoms with E-state index in [2.05, 4.69) is 25.6 Å². The molecule has 0 fully saturated rings. The maximum atomic E-state index is 12.4. The highest BCUT2D eigenvalue weighted by molar-refractivity contribution is 6.08. The quantitative estimate of drug-likeness (QED) is 0.498. The van der Waals surface area contributed by atoms with E-state index < -0.39 is 0 Å². The predicted molar refractivity (Wildman–Crippen MR) is 104 cm³/mol. The van der Waals surface area contributed by atoms with E-state index >= 15 is 0 Å². The van der Waals surface area contributed by atoms with Crippen molar-refractivity contribution in [3.63, 3.8) is 0 Å². The van der Waals surface area contributed by atoms with Gasteiger partial charge in [0.05, 0.1) is 16.8 Å². The highest BCUT2D eigenvalue weighted by atomic mass is 16.1. The molecule has 1 amide bonds. The third-order valence-corrected chi connectivity index (χ3v) is 3.93. The van der Waals surface area contributed by atoms with Crippen molar-refractivity contribution >= 4 is 34.4 Å². The van der Waals surface area contributed by atoms with E-state index in [1.807, 2.05) is 38.1 Å². The summed E-state index contributed by atoms with van der Waals surface area (Å²) in [5.74, 6) is -0.213. The Morgan fingerprint density at radius 1 is 1.12 bits per heavy atom. The number of para-hydroxylation sites is 1. The number of rotatable bonds is 3. The number of nitrogens with one attached hydrogen (secondary N) is 2. The molecule has 132 valence electrons. The van der Waals surface area contributed by atoms with Gasteiger partial charge < -0.3 is 11.1 Å². The van der Waals surface area contributed by atoms with E-state index in [4.69, 9.17) is 5.73 Å². The fourth-order valence-electron chi connectivity index (χ4n) is 2.65. The molecule has 2 aromatic carbocycles. The predicted octanol–water partition coefficient (Wildman–Crippen LogP) is 2.66. The molecule has 0 aliphatic heterocycles. The van der Waals surface area contributed by atoms with Crippen LogP contribution in [-0.2, 0) is 0 Å². The zero-order valence-corrected chi connectivity index (χ0v) is 14.9. The molecule has 7 heteroatoms. The summed E-state index contributed by atoms with van der Waals surface area (Å²) in [7, 11) is 1.75. The SMILES string of the molecule is CNc1ccccc1C(=O)N/C(N)=N/c1nc(C)c2cc(C)ccc2n1. The molecule has 0 atom stereocenters. The average molecular weight is 348 g/mol. The Bertz CT molecular complexity index is 1010.